The molecule has 0 saturated heterocycles. The second kappa shape index (κ2) is 7.35. The first-order chi connectivity index (χ1) is 12.5. The second-order valence-electron chi connectivity index (χ2n) is 6.83. The molecule has 2 amide bonds. The summed E-state index contributed by atoms with van der Waals surface area (Å²) in [5, 5.41) is 2.85. The topological polar surface area (TPSA) is 84.9 Å². The number of carbonyl (C=O) groups is 3. The Hall–Kier alpha value is -2.57. The fourth-order valence-electron chi connectivity index (χ4n) is 3.70. The first-order valence-electron chi connectivity index (χ1n) is 8.93. The Morgan fingerprint density at radius 3 is 2.65 bits per heavy atom. The number of anilines is 1. The van der Waals surface area contributed by atoms with Gasteiger partial charge in [0.2, 0.25) is 5.91 Å². The lowest BCUT2D eigenvalue weighted by Gasteiger charge is -2.37. The number of amides is 2. The Bertz CT molecular complexity index is 712. The highest BCUT2D eigenvalue weighted by Crippen LogP contribution is 2.34. The van der Waals surface area contributed by atoms with Crippen LogP contribution in [0.1, 0.15) is 39.0 Å². The Kier molecular flexibility index (Phi) is 5.15. The van der Waals surface area contributed by atoms with Crippen LogP contribution in [0.25, 0.3) is 0 Å². The molecule has 3 rings (SSSR count). The van der Waals surface area contributed by atoms with Crippen LogP contribution in [-0.2, 0) is 19.1 Å². The van der Waals surface area contributed by atoms with Crippen molar-refractivity contribution in [1.29, 1.82) is 0 Å². The molecule has 1 saturated carbocycles. The van der Waals surface area contributed by atoms with Crippen LogP contribution in [0, 0.1) is 0 Å². The molecular weight excluding hydrogens is 336 g/mol. The normalized spacial score (nSPS) is 21.4. The van der Waals surface area contributed by atoms with Crippen molar-refractivity contribution in [2.45, 2.75) is 50.7 Å². The lowest BCUT2D eigenvalue weighted by atomic mass is 9.81. The molecular formula is C19H24N2O5. The van der Waals surface area contributed by atoms with Crippen LogP contribution in [0.3, 0.4) is 0 Å². The molecule has 0 unspecified atom stereocenters. The van der Waals surface area contributed by atoms with E-state index < -0.39 is 17.6 Å². The Balaban J connectivity index is 1.78. The summed E-state index contributed by atoms with van der Waals surface area (Å²) in [7, 11) is 1.33. The molecule has 1 aliphatic carbocycles. The third kappa shape index (κ3) is 3.38. The summed E-state index contributed by atoms with van der Waals surface area (Å²) in [4.78, 5) is 38.9. The average Bonchev–Trinajstić information content (AvgIpc) is 2.65. The second-order valence-corrected chi connectivity index (χ2v) is 6.83. The minimum atomic E-state index is -0.995. The van der Waals surface area contributed by atoms with Crippen LogP contribution in [0.15, 0.2) is 24.3 Å². The monoisotopic (exact) mass is 360 g/mol. The minimum absolute atomic E-state index is 0.164. The van der Waals surface area contributed by atoms with Crippen molar-refractivity contribution in [3.05, 3.63) is 24.3 Å². The van der Waals surface area contributed by atoms with Gasteiger partial charge in [-0.25, -0.2) is 4.79 Å². The number of ether oxygens (including phenoxy) is 2. The summed E-state index contributed by atoms with van der Waals surface area (Å²) in [6, 6.07) is 7.10. The largest absolute Gasteiger partial charge is 0.479 e. The fraction of sp³-hybridized carbons (Fsp3) is 0.526. The molecule has 1 heterocycles. The molecule has 1 atom stereocenters. The molecule has 0 spiro atoms. The minimum Gasteiger partial charge on any atom is -0.479 e. The Morgan fingerprint density at radius 1 is 1.27 bits per heavy atom. The zero-order valence-electron chi connectivity index (χ0n) is 15.1. The van der Waals surface area contributed by atoms with E-state index in [2.05, 4.69) is 5.32 Å². The van der Waals surface area contributed by atoms with Gasteiger partial charge in [0.1, 0.15) is 17.8 Å². The molecule has 1 aromatic carbocycles. The molecule has 1 aromatic rings. The maximum absolute atomic E-state index is 12.7. The SMILES string of the molecule is COC(=O)C1(NC(=O)CN2C(=O)[C@H](C)Oc3ccccc32)CCCCC1. The number of benzene rings is 1. The maximum atomic E-state index is 12.7. The standard InChI is InChI=1S/C19H24N2O5/c1-13-17(23)21(14-8-4-5-9-15(14)26-13)12-16(22)20-19(18(24)25-2)10-6-3-7-11-19/h4-5,8-9,13H,3,6-7,10-12H2,1-2H3,(H,20,22)/t13-/m0/s1. The first kappa shape index (κ1) is 18.2. The average molecular weight is 360 g/mol. The predicted molar refractivity (Wildman–Crippen MR) is 94.9 cm³/mol. The summed E-state index contributed by atoms with van der Waals surface area (Å²) in [6.45, 7) is 1.49. The molecule has 0 bridgehead atoms. The van der Waals surface area contributed by atoms with Crippen LogP contribution >= 0.6 is 0 Å². The summed E-state index contributed by atoms with van der Waals surface area (Å²) in [5.74, 6) is -0.524. The van der Waals surface area contributed by atoms with Gasteiger partial charge in [0.05, 0.1) is 12.8 Å². The van der Waals surface area contributed by atoms with E-state index in [9.17, 15) is 14.4 Å². The van der Waals surface area contributed by atoms with Crippen molar-refractivity contribution in [2.24, 2.45) is 0 Å². The predicted octanol–water partition coefficient (Wildman–Crippen LogP) is 1.79. The molecule has 140 valence electrons. The van der Waals surface area contributed by atoms with E-state index in [1.54, 1.807) is 25.1 Å². The molecule has 26 heavy (non-hydrogen) atoms. The number of nitrogens with zero attached hydrogens (tertiary/aromatic N) is 1. The smallest absolute Gasteiger partial charge is 0.331 e. The number of para-hydroxylation sites is 2. The van der Waals surface area contributed by atoms with E-state index in [-0.39, 0.29) is 18.4 Å². The molecule has 0 aromatic heterocycles. The summed E-state index contributed by atoms with van der Waals surface area (Å²) < 4.78 is 10.5. The zero-order chi connectivity index (χ0) is 18.7. The van der Waals surface area contributed by atoms with Gasteiger partial charge in [-0.1, -0.05) is 31.4 Å². The molecule has 0 radical (unpaired) electrons. The first-order valence-corrected chi connectivity index (χ1v) is 8.93. The van der Waals surface area contributed by atoms with Gasteiger partial charge in [-0.05, 0) is 31.9 Å². The van der Waals surface area contributed by atoms with E-state index in [0.29, 0.717) is 24.3 Å². The highest BCUT2D eigenvalue weighted by Gasteiger charge is 2.43. The molecule has 7 nitrogen and oxygen atoms in total. The van der Waals surface area contributed by atoms with E-state index in [1.165, 1.54) is 12.0 Å². The van der Waals surface area contributed by atoms with Crippen molar-refractivity contribution in [2.75, 3.05) is 18.6 Å². The van der Waals surface area contributed by atoms with Crippen molar-refractivity contribution < 1.29 is 23.9 Å². The highest BCUT2D eigenvalue weighted by atomic mass is 16.5. The van der Waals surface area contributed by atoms with Crippen molar-refractivity contribution in [3.63, 3.8) is 0 Å². The summed E-state index contributed by atoms with van der Waals surface area (Å²) in [6.07, 6.45) is 3.17. The summed E-state index contributed by atoms with van der Waals surface area (Å²) >= 11 is 0. The number of hydrogen-bond donors (Lipinski definition) is 1. The number of carbonyl (C=O) groups excluding carboxylic acids is 3. The summed E-state index contributed by atoms with van der Waals surface area (Å²) in [5.41, 5.74) is -0.439. The van der Waals surface area contributed by atoms with Gasteiger partial charge in [-0.2, -0.15) is 0 Å². The third-order valence-electron chi connectivity index (χ3n) is 5.04. The van der Waals surface area contributed by atoms with E-state index >= 15 is 0 Å². The van der Waals surface area contributed by atoms with Crippen LogP contribution < -0.4 is 15.0 Å². The number of fused-ring (bicyclic) bond motifs is 1. The van der Waals surface area contributed by atoms with Crippen molar-refractivity contribution in [3.8, 4) is 5.75 Å². The molecule has 2 aliphatic rings. The highest BCUT2D eigenvalue weighted by molar-refractivity contribution is 6.04. The number of esters is 1. The van der Waals surface area contributed by atoms with Crippen LogP contribution in [0.2, 0.25) is 0 Å². The molecule has 7 heteroatoms. The van der Waals surface area contributed by atoms with Gasteiger partial charge in [0.15, 0.2) is 6.10 Å². The van der Waals surface area contributed by atoms with Gasteiger partial charge >= 0.3 is 5.97 Å². The lowest BCUT2D eigenvalue weighted by molar-refractivity contribution is -0.152. The zero-order valence-corrected chi connectivity index (χ0v) is 15.1. The Labute approximate surface area is 152 Å². The quantitative estimate of drug-likeness (QED) is 0.828. The van der Waals surface area contributed by atoms with Gasteiger partial charge in [-0.3, -0.25) is 14.5 Å². The van der Waals surface area contributed by atoms with Crippen molar-refractivity contribution >= 4 is 23.5 Å². The molecule has 1 fully saturated rings. The number of methoxy groups -OCH3 is 1. The maximum Gasteiger partial charge on any atom is 0.331 e. The van der Waals surface area contributed by atoms with Gasteiger partial charge in [-0.15, -0.1) is 0 Å². The number of nitrogens with one attached hydrogen (secondary N) is 1. The number of hydrogen-bond acceptors (Lipinski definition) is 5. The lowest BCUT2D eigenvalue weighted by Crippen LogP contribution is -2.59. The van der Waals surface area contributed by atoms with Crippen LogP contribution in [-0.4, -0.2) is 43.1 Å². The van der Waals surface area contributed by atoms with Crippen LogP contribution in [0.4, 0.5) is 5.69 Å². The number of rotatable bonds is 4. The van der Waals surface area contributed by atoms with E-state index in [4.69, 9.17) is 9.47 Å². The van der Waals surface area contributed by atoms with Gasteiger partial charge in [0, 0.05) is 0 Å². The van der Waals surface area contributed by atoms with Gasteiger partial charge < -0.3 is 14.8 Å². The van der Waals surface area contributed by atoms with Crippen molar-refractivity contribution in [1.82, 2.24) is 5.32 Å². The van der Waals surface area contributed by atoms with Crippen LogP contribution in [0.5, 0.6) is 5.75 Å². The molecule has 1 aliphatic heterocycles. The third-order valence-corrected chi connectivity index (χ3v) is 5.04. The fourth-order valence-corrected chi connectivity index (χ4v) is 3.70. The van der Waals surface area contributed by atoms with Gasteiger partial charge in [0.25, 0.3) is 5.91 Å². The van der Waals surface area contributed by atoms with E-state index in [0.717, 1.165) is 19.3 Å². The Morgan fingerprint density at radius 2 is 1.96 bits per heavy atom. The molecule has 1 N–H and O–H groups in total. The van der Waals surface area contributed by atoms with E-state index in [1.807, 2.05) is 6.07 Å².